The molecule has 0 aromatic heterocycles. The summed E-state index contributed by atoms with van der Waals surface area (Å²) in [6.07, 6.45) is 10.2. The molecule has 5 rings (SSSR count). The number of rotatable bonds is 3. The van der Waals surface area contributed by atoms with Crippen molar-refractivity contribution in [2.24, 2.45) is 22.7 Å². The summed E-state index contributed by atoms with van der Waals surface area (Å²) in [4.78, 5) is 0.663. The topological polar surface area (TPSA) is 0 Å². The second-order valence-corrected chi connectivity index (χ2v) is 9.84. The Bertz CT molecular complexity index is 533. The van der Waals surface area contributed by atoms with Gasteiger partial charge in [-0.15, -0.1) is 0 Å². The van der Waals surface area contributed by atoms with Gasteiger partial charge in [0.15, 0.2) is 0 Å². The zero-order chi connectivity index (χ0) is 14.7. The highest BCUT2D eigenvalue weighted by Crippen LogP contribution is 2.67. The van der Waals surface area contributed by atoms with Gasteiger partial charge in [0.2, 0.25) is 0 Å². The predicted molar refractivity (Wildman–Crippen MR) is 92.8 cm³/mol. The number of aryl methyl sites for hydroxylation is 1. The lowest BCUT2D eigenvalue weighted by Crippen LogP contribution is -2.54. The van der Waals surface area contributed by atoms with Crippen LogP contribution >= 0.6 is 15.9 Å². The van der Waals surface area contributed by atoms with Crippen LogP contribution in [0.25, 0.3) is 0 Å². The predicted octanol–water partition coefficient (Wildman–Crippen LogP) is 5.91. The molecule has 0 N–H and O–H groups in total. The molecule has 1 aromatic rings. The third-order valence-corrected chi connectivity index (χ3v) is 8.02. The van der Waals surface area contributed by atoms with E-state index >= 15 is 0 Å². The summed E-state index contributed by atoms with van der Waals surface area (Å²) < 4.78 is 0. The fraction of sp³-hybridized carbons (Fsp3) is 0.700. The van der Waals surface area contributed by atoms with E-state index in [2.05, 4.69) is 54.0 Å². The Morgan fingerprint density at radius 1 is 1.14 bits per heavy atom. The first-order valence-corrected chi connectivity index (χ1v) is 9.58. The van der Waals surface area contributed by atoms with Gasteiger partial charge in [0.1, 0.15) is 0 Å². The molecule has 0 radical (unpaired) electrons. The average molecular weight is 347 g/mol. The zero-order valence-corrected chi connectivity index (χ0v) is 15.0. The molecule has 4 aliphatic carbocycles. The SMILES string of the molecule is Cc1ccccc1CC(Br)C12CC3CC(CC(C)(C3)C1)C2. The Morgan fingerprint density at radius 2 is 1.81 bits per heavy atom. The van der Waals surface area contributed by atoms with Crippen molar-refractivity contribution in [3.63, 3.8) is 0 Å². The lowest BCUT2D eigenvalue weighted by Gasteiger charge is -2.63. The molecular weight excluding hydrogens is 320 g/mol. The van der Waals surface area contributed by atoms with Crippen molar-refractivity contribution in [3.05, 3.63) is 35.4 Å². The first kappa shape index (κ1) is 14.3. The maximum atomic E-state index is 4.16. The smallest absolute Gasteiger partial charge is 0.0243 e. The van der Waals surface area contributed by atoms with Crippen molar-refractivity contribution in [3.8, 4) is 0 Å². The van der Waals surface area contributed by atoms with E-state index < -0.39 is 0 Å². The van der Waals surface area contributed by atoms with Gasteiger partial charge in [-0.3, -0.25) is 0 Å². The van der Waals surface area contributed by atoms with Crippen LogP contribution < -0.4 is 0 Å². The zero-order valence-electron chi connectivity index (χ0n) is 13.4. The Hall–Kier alpha value is -0.300. The van der Waals surface area contributed by atoms with Crippen LogP contribution in [0.5, 0.6) is 0 Å². The van der Waals surface area contributed by atoms with Crippen LogP contribution in [-0.2, 0) is 6.42 Å². The van der Waals surface area contributed by atoms with E-state index in [4.69, 9.17) is 0 Å². The van der Waals surface area contributed by atoms with Crippen molar-refractivity contribution in [1.82, 2.24) is 0 Å². The van der Waals surface area contributed by atoms with Gasteiger partial charge in [0.05, 0.1) is 0 Å². The standard InChI is InChI=1S/C20H27Br/c1-14-5-3-4-6-17(14)8-18(21)20-11-15-7-16(12-20)10-19(2,9-15)13-20/h3-6,15-16,18H,7-13H2,1-2H3. The van der Waals surface area contributed by atoms with Gasteiger partial charge >= 0.3 is 0 Å². The highest BCUT2D eigenvalue weighted by Gasteiger charge is 2.57. The normalized spacial score (nSPS) is 42.2. The number of hydrogen-bond donors (Lipinski definition) is 0. The van der Waals surface area contributed by atoms with Crippen molar-refractivity contribution in [2.75, 3.05) is 0 Å². The van der Waals surface area contributed by atoms with Gasteiger partial charge in [0.25, 0.3) is 0 Å². The molecule has 1 aromatic carbocycles. The summed E-state index contributed by atoms with van der Waals surface area (Å²) >= 11 is 4.16. The number of hydrogen-bond acceptors (Lipinski definition) is 0. The van der Waals surface area contributed by atoms with Gasteiger partial charge in [-0.2, -0.15) is 0 Å². The molecule has 4 fully saturated rings. The second-order valence-electron chi connectivity index (χ2n) is 8.73. The maximum absolute atomic E-state index is 4.16. The largest absolute Gasteiger partial charge is 0.0881 e. The van der Waals surface area contributed by atoms with E-state index in [1.54, 1.807) is 5.56 Å². The van der Waals surface area contributed by atoms with E-state index in [1.807, 2.05) is 0 Å². The summed E-state index contributed by atoms with van der Waals surface area (Å²) in [6.45, 7) is 4.84. The van der Waals surface area contributed by atoms with Gasteiger partial charge in [-0.05, 0) is 85.7 Å². The van der Waals surface area contributed by atoms with Crippen molar-refractivity contribution in [2.45, 2.75) is 63.6 Å². The van der Waals surface area contributed by atoms with Crippen molar-refractivity contribution >= 4 is 15.9 Å². The monoisotopic (exact) mass is 346 g/mol. The molecule has 4 aliphatic rings. The summed E-state index contributed by atoms with van der Waals surface area (Å²) in [7, 11) is 0. The first-order valence-electron chi connectivity index (χ1n) is 8.67. The Labute approximate surface area is 137 Å². The van der Waals surface area contributed by atoms with Crippen molar-refractivity contribution in [1.29, 1.82) is 0 Å². The van der Waals surface area contributed by atoms with E-state index in [1.165, 1.54) is 50.5 Å². The Morgan fingerprint density at radius 3 is 2.43 bits per heavy atom. The Kier molecular flexibility index (Phi) is 3.30. The quantitative estimate of drug-likeness (QED) is 0.597. The molecule has 3 atom stereocenters. The minimum absolute atomic E-state index is 0.584. The third-order valence-electron chi connectivity index (χ3n) is 6.72. The van der Waals surface area contributed by atoms with Crippen LogP contribution in [0.3, 0.4) is 0 Å². The highest BCUT2D eigenvalue weighted by atomic mass is 79.9. The van der Waals surface area contributed by atoms with Gasteiger partial charge in [-0.1, -0.05) is 47.1 Å². The molecular formula is C20H27Br. The van der Waals surface area contributed by atoms with Crippen LogP contribution in [-0.4, -0.2) is 4.83 Å². The van der Waals surface area contributed by atoms with Crippen molar-refractivity contribution < 1.29 is 0 Å². The number of halogens is 1. The van der Waals surface area contributed by atoms with Crippen LogP contribution in [0.4, 0.5) is 0 Å². The lowest BCUT2D eigenvalue weighted by atomic mass is 9.44. The summed E-state index contributed by atoms with van der Waals surface area (Å²) in [5.74, 6) is 2.04. The molecule has 21 heavy (non-hydrogen) atoms. The van der Waals surface area contributed by atoms with Gasteiger partial charge in [0, 0.05) is 4.83 Å². The molecule has 1 heteroatoms. The molecule has 0 nitrogen and oxygen atoms in total. The molecule has 0 amide bonds. The average Bonchev–Trinajstić information content (AvgIpc) is 2.38. The molecule has 4 saturated carbocycles. The summed E-state index contributed by atoms with van der Waals surface area (Å²) in [6, 6.07) is 8.94. The maximum Gasteiger partial charge on any atom is 0.0243 e. The fourth-order valence-electron chi connectivity index (χ4n) is 6.41. The van der Waals surface area contributed by atoms with Gasteiger partial charge < -0.3 is 0 Å². The minimum atomic E-state index is 0.584. The van der Waals surface area contributed by atoms with Gasteiger partial charge in [-0.25, -0.2) is 0 Å². The molecule has 0 spiro atoms. The Balaban J connectivity index is 1.59. The van der Waals surface area contributed by atoms with Crippen LogP contribution in [0.2, 0.25) is 0 Å². The molecule has 0 heterocycles. The van der Waals surface area contributed by atoms with Crippen LogP contribution in [0, 0.1) is 29.6 Å². The molecule has 4 bridgehead atoms. The summed E-state index contributed by atoms with van der Waals surface area (Å²) in [5, 5.41) is 0. The molecule has 3 unspecified atom stereocenters. The minimum Gasteiger partial charge on any atom is -0.0881 e. The van der Waals surface area contributed by atoms with Crippen LogP contribution in [0.15, 0.2) is 24.3 Å². The van der Waals surface area contributed by atoms with E-state index in [0.717, 1.165) is 11.8 Å². The van der Waals surface area contributed by atoms with E-state index in [-0.39, 0.29) is 0 Å². The third kappa shape index (κ3) is 2.40. The number of alkyl halides is 1. The summed E-state index contributed by atoms with van der Waals surface area (Å²) in [5.41, 5.74) is 4.24. The molecule has 114 valence electrons. The highest BCUT2D eigenvalue weighted by molar-refractivity contribution is 9.09. The molecule has 0 saturated heterocycles. The van der Waals surface area contributed by atoms with E-state index in [0.29, 0.717) is 15.7 Å². The molecule has 0 aliphatic heterocycles. The fourth-order valence-corrected chi connectivity index (χ4v) is 7.30. The number of benzene rings is 1. The van der Waals surface area contributed by atoms with E-state index in [9.17, 15) is 0 Å². The lowest BCUT2D eigenvalue weighted by molar-refractivity contribution is -0.101. The van der Waals surface area contributed by atoms with Crippen LogP contribution in [0.1, 0.15) is 56.6 Å². The first-order chi connectivity index (χ1) is 9.98. The second kappa shape index (κ2) is 4.85.